The van der Waals surface area contributed by atoms with Crippen molar-refractivity contribution < 1.29 is 19.8 Å². The largest absolute Gasteiger partial charge is 0.479 e. The van der Waals surface area contributed by atoms with E-state index in [4.69, 9.17) is 10.2 Å². The molecule has 0 aliphatic rings. The number of carbonyl (C=O) groups is 2. The first-order valence-corrected chi connectivity index (χ1v) is 6.22. The highest BCUT2D eigenvalue weighted by Crippen LogP contribution is 2.14. The summed E-state index contributed by atoms with van der Waals surface area (Å²) in [5, 5.41) is 25.7. The highest BCUT2D eigenvalue weighted by Gasteiger charge is 2.13. The molecule has 20 heavy (non-hydrogen) atoms. The first kappa shape index (κ1) is 15.9. The van der Waals surface area contributed by atoms with Gasteiger partial charge in [-0.15, -0.1) is 0 Å². The van der Waals surface area contributed by atoms with E-state index in [1.54, 1.807) is 6.07 Å². The number of amides is 2. The van der Waals surface area contributed by atoms with E-state index in [-0.39, 0.29) is 13.0 Å². The van der Waals surface area contributed by atoms with Crippen LogP contribution in [-0.2, 0) is 11.3 Å². The molecule has 0 fully saturated rings. The third kappa shape index (κ3) is 5.25. The summed E-state index contributed by atoms with van der Waals surface area (Å²) in [6.07, 6.45) is -1.51. The van der Waals surface area contributed by atoms with Crippen LogP contribution in [0.3, 0.4) is 0 Å². The number of aliphatic hydroxyl groups is 1. The SMILES string of the molecule is CNCc1ccccc1NC(=O)NCCC(O)C(=O)O. The molecule has 1 aromatic carbocycles. The number of nitrogens with one attached hydrogen (secondary N) is 3. The Morgan fingerprint density at radius 1 is 1.30 bits per heavy atom. The monoisotopic (exact) mass is 281 g/mol. The van der Waals surface area contributed by atoms with Gasteiger partial charge in [0.2, 0.25) is 0 Å². The van der Waals surface area contributed by atoms with E-state index < -0.39 is 18.1 Å². The van der Waals surface area contributed by atoms with E-state index in [1.165, 1.54) is 0 Å². The quantitative estimate of drug-likeness (QED) is 0.496. The summed E-state index contributed by atoms with van der Waals surface area (Å²) in [6.45, 7) is 0.696. The third-order valence-electron chi connectivity index (χ3n) is 2.62. The Bertz CT molecular complexity index is 465. The van der Waals surface area contributed by atoms with Crippen molar-refractivity contribution in [1.82, 2.24) is 10.6 Å². The van der Waals surface area contributed by atoms with E-state index in [2.05, 4.69) is 16.0 Å². The van der Waals surface area contributed by atoms with Crippen LogP contribution in [0.4, 0.5) is 10.5 Å². The van der Waals surface area contributed by atoms with E-state index in [0.717, 1.165) is 5.56 Å². The number of carbonyl (C=O) groups excluding carboxylic acids is 1. The van der Waals surface area contributed by atoms with Gasteiger partial charge in [0.05, 0.1) is 0 Å². The number of rotatable bonds is 7. The number of anilines is 1. The molecule has 2 amide bonds. The predicted octanol–water partition coefficient (Wildman–Crippen LogP) is 0.363. The molecule has 0 saturated heterocycles. The smallest absolute Gasteiger partial charge is 0.332 e. The molecule has 5 N–H and O–H groups in total. The fourth-order valence-corrected chi connectivity index (χ4v) is 1.60. The molecule has 1 atom stereocenters. The number of urea groups is 1. The lowest BCUT2D eigenvalue weighted by Gasteiger charge is -2.12. The number of hydrogen-bond donors (Lipinski definition) is 5. The number of para-hydroxylation sites is 1. The first-order chi connectivity index (χ1) is 9.54. The second kappa shape index (κ2) is 8.13. The second-order valence-corrected chi connectivity index (χ2v) is 4.21. The average molecular weight is 281 g/mol. The Hall–Kier alpha value is -2.12. The summed E-state index contributed by atoms with van der Waals surface area (Å²) in [5.74, 6) is -1.30. The fraction of sp³-hybridized carbons (Fsp3) is 0.385. The lowest BCUT2D eigenvalue weighted by Crippen LogP contribution is -2.33. The molecule has 0 bridgehead atoms. The van der Waals surface area contributed by atoms with Crippen LogP contribution in [0.1, 0.15) is 12.0 Å². The zero-order valence-corrected chi connectivity index (χ0v) is 11.2. The van der Waals surface area contributed by atoms with Crippen molar-refractivity contribution in [3.63, 3.8) is 0 Å². The molecule has 0 heterocycles. The molecular weight excluding hydrogens is 262 g/mol. The Balaban J connectivity index is 2.44. The third-order valence-corrected chi connectivity index (χ3v) is 2.62. The minimum Gasteiger partial charge on any atom is -0.479 e. The zero-order chi connectivity index (χ0) is 15.0. The molecule has 0 aromatic heterocycles. The van der Waals surface area contributed by atoms with Crippen LogP contribution >= 0.6 is 0 Å². The minimum atomic E-state index is -1.47. The number of aliphatic carboxylic acids is 1. The Morgan fingerprint density at radius 3 is 2.65 bits per heavy atom. The molecular formula is C13H19N3O4. The van der Waals surface area contributed by atoms with Gasteiger partial charge in [0.1, 0.15) is 0 Å². The van der Waals surface area contributed by atoms with Gasteiger partial charge in [-0.25, -0.2) is 9.59 Å². The van der Waals surface area contributed by atoms with Crippen LogP contribution in [0.5, 0.6) is 0 Å². The highest BCUT2D eigenvalue weighted by atomic mass is 16.4. The highest BCUT2D eigenvalue weighted by molar-refractivity contribution is 5.90. The topological polar surface area (TPSA) is 111 Å². The number of hydrogen-bond acceptors (Lipinski definition) is 4. The van der Waals surface area contributed by atoms with Gasteiger partial charge >= 0.3 is 12.0 Å². The van der Waals surface area contributed by atoms with Crippen molar-refractivity contribution in [2.75, 3.05) is 18.9 Å². The van der Waals surface area contributed by atoms with E-state index in [0.29, 0.717) is 12.2 Å². The number of carboxylic acid groups (broad SMARTS) is 1. The standard InChI is InChI=1S/C13H19N3O4/c1-14-8-9-4-2-3-5-10(9)16-13(20)15-7-6-11(17)12(18)19/h2-5,11,14,17H,6-8H2,1H3,(H,18,19)(H2,15,16,20). The van der Waals surface area contributed by atoms with Gasteiger partial charge in [-0.05, 0) is 18.7 Å². The van der Waals surface area contributed by atoms with Crippen molar-refractivity contribution in [2.24, 2.45) is 0 Å². The molecule has 0 spiro atoms. The maximum Gasteiger partial charge on any atom is 0.332 e. The van der Waals surface area contributed by atoms with Gasteiger partial charge in [-0.1, -0.05) is 18.2 Å². The van der Waals surface area contributed by atoms with Crippen LogP contribution in [-0.4, -0.2) is 41.9 Å². The maximum atomic E-state index is 11.6. The Kier molecular flexibility index (Phi) is 6.48. The van der Waals surface area contributed by atoms with E-state index >= 15 is 0 Å². The van der Waals surface area contributed by atoms with Gasteiger partial charge < -0.3 is 26.2 Å². The van der Waals surface area contributed by atoms with E-state index in [1.807, 2.05) is 25.2 Å². The molecule has 0 radical (unpaired) electrons. The lowest BCUT2D eigenvalue weighted by atomic mass is 10.2. The van der Waals surface area contributed by atoms with Gasteiger partial charge in [-0.2, -0.15) is 0 Å². The van der Waals surface area contributed by atoms with Crippen molar-refractivity contribution in [3.05, 3.63) is 29.8 Å². The van der Waals surface area contributed by atoms with Crippen molar-refractivity contribution >= 4 is 17.7 Å². The summed E-state index contributed by atoms with van der Waals surface area (Å²) in [6, 6.07) is 6.91. The van der Waals surface area contributed by atoms with Crippen molar-refractivity contribution in [3.8, 4) is 0 Å². The Morgan fingerprint density at radius 2 is 2.00 bits per heavy atom. The molecule has 1 unspecified atom stereocenters. The van der Waals surface area contributed by atoms with Gasteiger partial charge in [0.15, 0.2) is 6.10 Å². The fourth-order valence-electron chi connectivity index (χ4n) is 1.60. The molecule has 0 saturated carbocycles. The predicted molar refractivity (Wildman–Crippen MR) is 74.5 cm³/mol. The van der Waals surface area contributed by atoms with Gasteiger partial charge in [-0.3, -0.25) is 0 Å². The molecule has 0 aliphatic carbocycles. The average Bonchev–Trinajstić information content (AvgIpc) is 2.41. The van der Waals surface area contributed by atoms with Crippen LogP contribution in [0, 0.1) is 0 Å². The zero-order valence-electron chi connectivity index (χ0n) is 11.2. The molecule has 110 valence electrons. The summed E-state index contributed by atoms with van der Waals surface area (Å²) in [5.41, 5.74) is 1.62. The number of carboxylic acids is 1. The van der Waals surface area contributed by atoms with Crippen LogP contribution in [0.25, 0.3) is 0 Å². The van der Waals surface area contributed by atoms with Crippen LogP contribution < -0.4 is 16.0 Å². The van der Waals surface area contributed by atoms with Crippen LogP contribution in [0.2, 0.25) is 0 Å². The summed E-state index contributed by atoms with van der Waals surface area (Å²) in [4.78, 5) is 22.0. The van der Waals surface area contributed by atoms with Gasteiger partial charge in [0.25, 0.3) is 0 Å². The molecule has 1 aromatic rings. The minimum absolute atomic E-state index is 0.0408. The number of aliphatic hydroxyl groups excluding tert-OH is 1. The molecule has 1 rings (SSSR count). The molecule has 7 nitrogen and oxygen atoms in total. The summed E-state index contributed by atoms with van der Waals surface area (Å²) >= 11 is 0. The number of benzene rings is 1. The maximum absolute atomic E-state index is 11.6. The molecule has 0 aliphatic heterocycles. The normalized spacial score (nSPS) is 11.7. The second-order valence-electron chi connectivity index (χ2n) is 4.21. The summed E-state index contributed by atoms with van der Waals surface area (Å²) in [7, 11) is 1.81. The Labute approximate surface area is 117 Å². The van der Waals surface area contributed by atoms with E-state index in [9.17, 15) is 9.59 Å². The summed E-state index contributed by atoms with van der Waals surface area (Å²) < 4.78 is 0. The first-order valence-electron chi connectivity index (χ1n) is 6.22. The lowest BCUT2D eigenvalue weighted by molar-refractivity contribution is -0.146. The van der Waals surface area contributed by atoms with Crippen molar-refractivity contribution in [1.29, 1.82) is 0 Å². The van der Waals surface area contributed by atoms with Gasteiger partial charge in [0, 0.05) is 25.2 Å². The van der Waals surface area contributed by atoms with Crippen LogP contribution in [0.15, 0.2) is 24.3 Å². The molecule has 7 heteroatoms. The van der Waals surface area contributed by atoms with Crippen molar-refractivity contribution in [2.45, 2.75) is 19.1 Å².